The van der Waals surface area contributed by atoms with Crippen LogP contribution < -0.4 is 34.7 Å². The molecule has 2 heterocycles. The molecule has 1 amide bonds. The van der Waals surface area contributed by atoms with Crippen molar-refractivity contribution in [1.29, 1.82) is 5.26 Å². The molecule has 0 radical (unpaired) electrons. The third kappa shape index (κ3) is 2.13. The van der Waals surface area contributed by atoms with Crippen LogP contribution in [0.5, 0.6) is 0 Å². The molecule has 2 aliphatic rings. The first-order valence-corrected chi connectivity index (χ1v) is 7.23. The molecule has 0 aromatic carbocycles. The Morgan fingerprint density at radius 3 is 2.62 bits per heavy atom. The van der Waals surface area contributed by atoms with Gasteiger partial charge in [0, 0.05) is 6.08 Å². The predicted molar refractivity (Wildman–Crippen MR) is 62.1 cm³/mol. The Morgan fingerprint density at radius 2 is 2.19 bits per heavy atom. The van der Waals surface area contributed by atoms with Crippen molar-refractivity contribution < 1.29 is 57.8 Å². The van der Waals surface area contributed by atoms with Gasteiger partial charge >= 0.3 is 29.6 Å². The molecule has 21 heavy (non-hydrogen) atoms. The van der Waals surface area contributed by atoms with E-state index in [4.69, 9.17) is 10.4 Å². The Morgan fingerprint density at radius 1 is 1.62 bits per heavy atom. The molecule has 0 aliphatic carbocycles. The SMILES string of the molecule is C[C@]1(/C=C/C#N)[C@H](C(=O)[O-])N2C(=O)[C@@H](CO)[C@H]2S1(=O)=O.[Na+]. The maximum atomic E-state index is 12.5. The van der Waals surface area contributed by atoms with E-state index >= 15 is 0 Å². The molecule has 2 fully saturated rings. The summed E-state index contributed by atoms with van der Waals surface area (Å²) in [5, 5.41) is 27.4. The summed E-state index contributed by atoms with van der Waals surface area (Å²) in [6.45, 7) is 0.438. The zero-order valence-corrected chi connectivity index (χ0v) is 14.2. The maximum absolute atomic E-state index is 12.5. The average molecular weight is 322 g/mol. The van der Waals surface area contributed by atoms with Gasteiger partial charge in [-0.15, -0.1) is 0 Å². The zero-order chi connectivity index (χ0) is 15.3. The standard InChI is InChI=1S/C11H12N2O6S.Na/c1-11(3-2-4-12)7(10(16)17)13-8(15)6(5-14)9(13)20(11,18)19;/h2-3,6-7,9,14H,5H2,1H3,(H,16,17);/q;+1/p-1/b3-2+;/t6-,7+,9-,11+;/m1./s1. The number of nitrogens with zero attached hydrogens (tertiary/aromatic N) is 2. The maximum Gasteiger partial charge on any atom is 1.00 e. The Hall–Kier alpha value is -0.920. The monoisotopic (exact) mass is 322 g/mol. The summed E-state index contributed by atoms with van der Waals surface area (Å²) in [6, 6.07) is -0.118. The molecule has 0 unspecified atom stereocenters. The molecule has 0 aromatic heterocycles. The van der Waals surface area contributed by atoms with E-state index in [1.807, 2.05) is 0 Å². The molecule has 108 valence electrons. The van der Waals surface area contributed by atoms with Gasteiger partial charge < -0.3 is 19.9 Å². The fraction of sp³-hybridized carbons (Fsp3) is 0.545. The molecule has 2 rings (SSSR count). The van der Waals surface area contributed by atoms with Crippen molar-refractivity contribution in [3.05, 3.63) is 12.2 Å². The summed E-state index contributed by atoms with van der Waals surface area (Å²) >= 11 is 0. The summed E-state index contributed by atoms with van der Waals surface area (Å²) in [4.78, 5) is 23.7. The molecule has 0 bridgehead atoms. The van der Waals surface area contributed by atoms with Crippen molar-refractivity contribution in [1.82, 2.24) is 4.90 Å². The molecule has 10 heteroatoms. The van der Waals surface area contributed by atoms with E-state index in [-0.39, 0.29) is 29.6 Å². The number of carbonyl (C=O) groups is 2. The average Bonchev–Trinajstić information content (AvgIpc) is 2.52. The number of hydrogen-bond donors (Lipinski definition) is 1. The van der Waals surface area contributed by atoms with Crippen molar-refractivity contribution in [2.75, 3.05) is 6.61 Å². The topological polar surface area (TPSA) is 139 Å². The van der Waals surface area contributed by atoms with Gasteiger partial charge in [-0.2, -0.15) is 5.26 Å². The van der Waals surface area contributed by atoms with Gasteiger partial charge in [-0.3, -0.25) is 4.79 Å². The normalized spacial score (nSPS) is 36.5. The van der Waals surface area contributed by atoms with E-state index in [1.165, 1.54) is 0 Å². The van der Waals surface area contributed by atoms with Crippen LogP contribution in [0.4, 0.5) is 0 Å². The van der Waals surface area contributed by atoms with Crippen molar-refractivity contribution in [2.45, 2.75) is 23.1 Å². The van der Waals surface area contributed by atoms with Crippen molar-refractivity contribution >= 4 is 21.7 Å². The number of aliphatic carboxylic acids is 1. The molecule has 1 N–H and O–H groups in total. The number of carboxylic acid groups (broad SMARTS) is 1. The van der Waals surface area contributed by atoms with E-state index in [2.05, 4.69) is 0 Å². The number of fused-ring (bicyclic) bond motifs is 1. The Kier molecular flexibility index (Phi) is 4.92. The number of sulfone groups is 1. The molecule has 0 saturated carbocycles. The van der Waals surface area contributed by atoms with Crippen molar-refractivity contribution in [3.8, 4) is 6.07 Å². The van der Waals surface area contributed by atoms with Gasteiger partial charge in [0.1, 0.15) is 10.1 Å². The molecular formula is C11H11N2NaO6S. The van der Waals surface area contributed by atoms with E-state index in [0.29, 0.717) is 4.90 Å². The van der Waals surface area contributed by atoms with Crippen LogP contribution in [-0.4, -0.2) is 53.1 Å². The number of nitriles is 1. The number of aliphatic hydroxyl groups excluding tert-OH is 1. The molecule has 0 spiro atoms. The summed E-state index contributed by atoms with van der Waals surface area (Å²) in [5.74, 6) is -3.63. The van der Waals surface area contributed by atoms with Crippen LogP contribution in [0.15, 0.2) is 12.2 Å². The number of allylic oxidation sites excluding steroid dienone is 1. The summed E-state index contributed by atoms with van der Waals surface area (Å²) in [6.07, 6.45) is 1.81. The number of carbonyl (C=O) groups excluding carboxylic acids is 2. The fourth-order valence-corrected chi connectivity index (χ4v) is 5.25. The first-order valence-electron chi connectivity index (χ1n) is 5.68. The zero-order valence-electron chi connectivity index (χ0n) is 11.4. The third-order valence-electron chi connectivity index (χ3n) is 3.85. The predicted octanol–water partition coefficient (Wildman–Crippen LogP) is -5.85. The second-order valence-corrected chi connectivity index (χ2v) is 7.29. The van der Waals surface area contributed by atoms with Gasteiger partial charge in [-0.25, -0.2) is 8.42 Å². The second kappa shape index (κ2) is 5.70. The van der Waals surface area contributed by atoms with E-state index in [0.717, 1.165) is 19.1 Å². The second-order valence-electron chi connectivity index (χ2n) is 4.84. The van der Waals surface area contributed by atoms with Gasteiger partial charge in [0.15, 0.2) is 9.84 Å². The number of rotatable bonds is 3. The number of aliphatic hydroxyl groups is 1. The first kappa shape index (κ1) is 18.1. The quantitative estimate of drug-likeness (QED) is 0.310. The Labute approximate surface area is 143 Å². The number of carboxylic acids is 1. The molecule has 2 saturated heterocycles. The third-order valence-corrected chi connectivity index (χ3v) is 6.63. The van der Waals surface area contributed by atoms with Crippen molar-refractivity contribution in [3.63, 3.8) is 0 Å². The van der Waals surface area contributed by atoms with Crippen LogP contribution in [-0.2, 0) is 19.4 Å². The molecule has 2 aliphatic heterocycles. The van der Waals surface area contributed by atoms with E-state index in [1.54, 1.807) is 6.07 Å². The van der Waals surface area contributed by atoms with Gasteiger partial charge in [0.25, 0.3) is 0 Å². The van der Waals surface area contributed by atoms with Crippen LogP contribution in [0.1, 0.15) is 6.92 Å². The van der Waals surface area contributed by atoms with E-state index in [9.17, 15) is 23.1 Å². The van der Waals surface area contributed by atoms with Gasteiger partial charge in [-0.1, -0.05) is 6.08 Å². The summed E-state index contributed by atoms with van der Waals surface area (Å²) < 4.78 is 23.0. The largest absolute Gasteiger partial charge is 1.00 e. The molecular weight excluding hydrogens is 311 g/mol. The Balaban J connectivity index is 0.00000220. The van der Waals surface area contributed by atoms with Gasteiger partial charge in [-0.05, 0) is 6.92 Å². The minimum Gasteiger partial charge on any atom is -0.548 e. The van der Waals surface area contributed by atoms with Gasteiger partial charge in [0.05, 0.1) is 30.6 Å². The fourth-order valence-electron chi connectivity index (χ4n) is 2.79. The number of amides is 1. The number of β-lactam (4-membered cyclic amide) rings is 1. The summed E-state index contributed by atoms with van der Waals surface area (Å²) in [5.41, 5.74) is 0. The molecule has 4 atom stereocenters. The van der Waals surface area contributed by atoms with Crippen LogP contribution in [0.3, 0.4) is 0 Å². The Bertz CT molecular complexity index is 654. The van der Waals surface area contributed by atoms with Gasteiger partial charge in [0.2, 0.25) is 5.91 Å². The van der Waals surface area contributed by atoms with Crippen LogP contribution in [0.2, 0.25) is 0 Å². The van der Waals surface area contributed by atoms with Crippen LogP contribution in [0, 0.1) is 17.2 Å². The van der Waals surface area contributed by atoms with Crippen LogP contribution in [0.25, 0.3) is 0 Å². The van der Waals surface area contributed by atoms with Crippen molar-refractivity contribution in [2.24, 2.45) is 5.92 Å². The number of hydrogen-bond acceptors (Lipinski definition) is 7. The van der Waals surface area contributed by atoms with Crippen LogP contribution >= 0.6 is 0 Å². The minimum absolute atomic E-state index is 0. The molecule has 0 aromatic rings. The smallest absolute Gasteiger partial charge is 0.548 e. The minimum atomic E-state index is -4.10. The summed E-state index contributed by atoms with van der Waals surface area (Å²) in [7, 11) is -4.10. The van der Waals surface area contributed by atoms with E-state index < -0.39 is 50.4 Å². The first-order chi connectivity index (χ1) is 9.24. The molecule has 8 nitrogen and oxygen atoms in total.